The number of anilines is 1. The van der Waals surface area contributed by atoms with Gasteiger partial charge in [0.2, 0.25) is 10.0 Å². The Morgan fingerprint density at radius 3 is 2.72 bits per heavy atom. The normalized spacial score (nSPS) is 21.2. The Morgan fingerprint density at radius 2 is 1.93 bits per heavy atom. The summed E-state index contributed by atoms with van der Waals surface area (Å²) in [5.74, 6) is 0.868. The van der Waals surface area contributed by atoms with Crippen molar-refractivity contribution in [3.8, 4) is 0 Å². The molecule has 3 aromatic rings. The third-order valence-corrected chi connectivity index (χ3v) is 7.59. The molecule has 8 heteroatoms. The summed E-state index contributed by atoms with van der Waals surface area (Å²) in [6.45, 7) is 1.12. The predicted molar refractivity (Wildman–Crippen MR) is 111 cm³/mol. The summed E-state index contributed by atoms with van der Waals surface area (Å²) in [7, 11) is -3.28. The lowest BCUT2D eigenvalue weighted by Gasteiger charge is -2.24. The van der Waals surface area contributed by atoms with E-state index in [1.807, 2.05) is 29.2 Å². The van der Waals surface area contributed by atoms with Crippen LogP contribution in [0.25, 0.3) is 11.0 Å². The van der Waals surface area contributed by atoms with E-state index >= 15 is 0 Å². The number of aromatic amines is 1. The van der Waals surface area contributed by atoms with Gasteiger partial charge in [-0.05, 0) is 49.6 Å². The third kappa shape index (κ3) is 3.17. The molecule has 2 aromatic carbocycles. The summed E-state index contributed by atoms with van der Waals surface area (Å²) in [6, 6.07) is 14.7. The number of hydrogen-bond donors (Lipinski definition) is 1. The van der Waals surface area contributed by atoms with Crippen LogP contribution >= 0.6 is 0 Å². The first-order valence-corrected chi connectivity index (χ1v) is 11.5. The van der Waals surface area contributed by atoms with Gasteiger partial charge in [-0.1, -0.05) is 18.2 Å². The quantitative estimate of drug-likeness (QED) is 0.719. The number of H-pyrrole nitrogens is 1. The smallest absolute Gasteiger partial charge is 0.254 e. The van der Waals surface area contributed by atoms with Crippen molar-refractivity contribution in [2.75, 3.05) is 23.1 Å². The van der Waals surface area contributed by atoms with Crippen LogP contribution in [0, 0.1) is 0 Å². The molecule has 0 saturated carbocycles. The molecule has 1 N–H and O–H groups in total. The van der Waals surface area contributed by atoms with Gasteiger partial charge in [-0.3, -0.25) is 9.10 Å². The summed E-state index contributed by atoms with van der Waals surface area (Å²) in [6.07, 6.45) is 2.38. The topological polar surface area (TPSA) is 86.4 Å². The largest absolute Gasteiger partial charge is 0.340 e. The zero-order valence-electron chi connectivity index (χ0n) is 15.9. The Bertz CT molecular complexity index is 1150. The van der Waals surface area contributed by atoms with E-state index < -0.39 is 10.0 Å². The highest BCUT2D eigenvalue weighted by atomic mass is 32.2. The van der Waals surface area contributed by atoms with Crippen LogP contribution in [0.15, 0.2) is 48.5 Å². The van der Waals surface area contributed by atoms with Crippen molar-refractivity contribution in [3.05, 3.63) is 59.9 Å². The van der Waals surface area contributed by atoms with Gasteiger partial charge in [-0.25, -0.2) is 13.4 Å². The predicted octanol–water partition coefficient (Wildman–Crippen LogP) is 3.08. The summed E-state index contributed by atoms with van der Waals surface area (Å²) in [5.41, 5.74) is 2.92. The van der Waals surface area contributed by atoms with Crippen LogP contribution in [0.4, 0.5) is 5.69 Å². The first-order valence-electron chi connectivity index (χ1n) is 9.89. The second-order valence-electron chi connectivity index (χ2n) is 7.59. The molecular formula is C21H22N4O3S. The van der Waals surface area contributed by atoms with Crippen LogP contribution < -0.4 is 4.31 Å². The molecule has 2 saturated heterocycles. The van der Waals surface area contributed by atoms with Crippen LogP contribution in [-0.4, -0.2) is 48.0 Å². The average Bonchev–Trinajstić information content (AvgIpc) is 3.44. The lowest BCUT2D eigenvalue weighted by Crippen LogP contribution is -2.31. The van der Waals surface area contributed by atoms with E-state index in [2.05, 4.69) is 9.97 Å². The van der Waals surface area contributed by atoms with Crippen LogP contribution in [0.5, 0.6) is 0 Å². The Hall–Kier alpha value is -2.87. The minimum atomic E-state index is -3.28. The molecular weight excluding hydrogens is 388 g/mol. The van der Waals surface area contributed by atoms with Gasteiger partial charge in [0.15, 0.2) is 0 Å². The van der Waals surface area contributed by atoms with Gasteiger partial charge < -0.3 is 9.88 Å². The molecule has 0 aliphatic carbocycles. The summed E-state index contributed by atoms with van der Waals surface area (Å²) < 4.78 is 25.9. The molecule has 1 atom stereocenters. The number of para-hydroxylation sites is 2. The summed E-state index contributed by atoms with van der Waals surface area (Å²) in [5, 5.41) is 0. The van der Waals surface area contributed by atoms with Crippen LogP contribution in [0.1, 0.15) is 41.5 Å². The maximum atomic E-state index is 13.3. The van der Waals surface area contributed by atoms with Crippen molar-refractivity contribution in [2.45, 2.75) is 25.3 Å². The second-order valence-corrected chi connectivity index (χ2v) is 9.60. The SMILES string of the molecule is O=C(c1cccc(N2CCCS2(=O)=O)c1)N1CCCC1c1nc2ccccc2[nH]1. The van der Waals surface area contributed by atoms with Gasteiger partial charge in [-0.15, -0.1) is 0 Å². The van der Waals surface area contributed by atoms with Gasteiger partial charge in [0.05, 0.1) is 28.5 Å². The van der Waals surface area contributed by atoms with E-state index in [4.69, 9.17) is 0 Å². The molecule has 2 aliphatic rings. The highest BCUT2D eigenvalue weighted by Gasteiger charge is 2.34. The van der Waals surface area contributed by atoms with E-state index in [1.165, 1.54) is 4.31 Å². The number of nitrogens with one attached hydrogen (secondary N) is 1. The maximum Gasteiger partial charge on any atom is 0.254 e. The number of likely N-dealkylation sites (tertiary alicyclic amines) is 1. The van der Waals surface area contributed by atoms with E-state index in [0.29, 0.717) is 30.8 Å². The first kappa shape index (κ1) is 18.2. The first-order chi connectivity index (χ1) is 14.0. The minimum Gasteiger partial charge on any atom is -0.340 e. The Labute approximate surface area is 169 Å². The van der Waals surface area contributed by atoms with Crippen LogP contribution in [-0.2, 0) is 10.0 Å². The van der Waals surface area contributed by atoms with Gasteiger partial charge in [0, 0.05) is 18.7 Å². The number of imidazole rings is 1. The monoisotopic (exact) mass is 410 g/mol. The molecule has 7 nitrogen and oxygen atoms in total. The minimum absolute atomic E-state index is 0.0913. The van der Waals surface area contributed by atoms with Crippen molar-refractivity contribution in [3.63, 3.8) is 0 Å². The van der Waals surface area contributed by atoms with E-state index in [1.54, 1.807) is 24.3 Å². The van der Waals surface area contributed by atoms with Crippen LogP contribution in [0.3, 0.4) is 0 Å². The van der Waals surface area contributed by atoms with Gasteiger partial charge in [-0.2, -0.15) is 0 Å². The number of carbonyl (C=O) groups excluding carboxylic acids is 1. The molecule has 1 amide bonds. The van der Waals surface area contributed by atoms with Gasteiger partial charge >= 0.3 is 0 Å². The number of nitrogens with zero attached hydrogens (tertiary/aromatic N) is 3. The van der Waals surface area contributed by atoms with Crippen molar-refractivity contribution in [1.29, 1.82) is 0 Å². The molecule has 0 bridgehead atoms. The van der Waals surface area contributed by atoms with Crippen molar-refractivity contribution >= 4 is 32.7 Å². The zero-order valence-corrected chi connectivity index (χ0v) is 16.7. The zero-order chi connectivity index (χ0) is 20.0. The maximum absolute atomic E-state index is 13.3. The van der Waals surface area contributed by atoms with E-state index in [0.717, 1.165) is 29.7 Å². The standard InChI is InChI=1S/C21H22N4O3S/c26-21(15-6-3-7-16(14-15)25-12-5-13-29(25,27)28)24-11-4-10-19(24)20-22-17-8-1-2-9-18(17)23-20/h1-3,6-9,14,19H,4-5,10-13H2,(H,22,23). The van der Waals surface area contributed by atoms with E-state index in [9.17, 15) is 13.2 Å². The summed E-state index contributed by atoms with van der Waals surface area (Å²) in [4.78, 5) is 23.2. The fourth-order valence-corrected chi connectivity index (χ4v) is 5.87. The molecule has 1 unspecified atom stereocenters. The highest BCUT2D eigenvalue weighted by Crippen LogP contribution is 2.33. The van der Waals surface area contributed by atoms with Crippen molar-refractivity contribution in [1.82, 2.24) is 14.9 Å². The second kappa shape index (κ2) is 6.88. The molecule has 2 fully saturated rings. The number of aromatic nitrogens is 2. The van der Waals surface area contributed by atoms with Crippen molar-refractivity contribution < 1.29 is 13.2 Å². The highest BCUT2D eigenvalue weighted by molar-refractivity contribution is 7.93. The molecule has 2 aliphatic heterocycles. The van der Waals surface area contributed by atoms with E-state index in [-0.39, 0.29) is 17.7 Å². The molecule has 5 rings (SSSR count). The number of fused-ring (bicyclic) bond motifs is 1. The summed E-state index contributed by atoms with van der Waals surface area (Å²) >= 11 is 0. The Morgan fingerprint density at radius 1 is 1.07 bits per heavy atom. The fraction of sp³-hybridized carbons (Fsp3) is 0.333. The Balaban J connectivity index is 1.44. The van der Waals surface area contributed by atoms with Crippen LogP contribution in [0.2, 0.25) is 0 Å². The molecule has 1 aromatic heterocycles. The van der Waals surface area contributed by atoms with Gasteiger partial charge in [0.1, 0.15) is 5.82 Å². The lowest BCUT2D eigenvalue weighted by atomic mass is 10.1. The number of hydrogen-bond acceptors (Lipinski definition) is 4. The molecule has 3 heterocycles. The molecule has 29 heavy (non-hydrogen) atoms. The number of carbonyl (C=O) groups is 1. The average molecular weight is 410 g/mol. The molecule has 0 spiro atoms. The Kier molecular flexibility index (Phi) is 4.31. The fourth-order valence-electron chi connectivity index (χ4n) is 4.31. The van der Waals surface area contributed by atoms with Crippen molar-refractivity contribution in [2.24, 2.45) is 0 Å². The molecule has 0 radical (unpaired) electrons. The third-order valence-electron chi connectivity index (χ3n) is 5.72. The number of rotatable bonds is 3. The molecule has 150 valence electrons. The number of amides is 1. The lowest BCUT2D eigenvalue weighted by molar-refractivity contribution is 0.0730. The number of sulfonamides is 1. The number of benzene rings is 2. The van der Waals surface area contributed by atoms with Gasteiger partial charge in [0.25, 0.3) is 5.91 Å².